The number of hydrogen-bond donors (Lipinski definition) is 2. The van der Waals surface area contributed by atoms with Gasteiger partial charge in [0.15, 0.2) is 0 Å². The normalized spacial score (nSPS) is 23.1. The van der Waals surface area contributed by atoms with Crippen LogP contribution in [0.25, 0.3) is 0 Å². The minimum atomic E-state index is -0.304. The smallest absolute Gasteiger partial charge is 0.319 e. The second-order valence-corrected chi connectivity index (χ2v) is 8.66. The third-order valence-electron chi connectivity index (χ3n) is 5.36. The van der Waals surface area contributed by atoms with Crippen LogP contribution in [0.2, 0.25) is 0 Å². The molecule has 2 aliphatic rings. The summed E-state index contributed by atoms with van der Waals surface area (Å²) in [6.07, 6.45) is 7.25. The molecule has 3 amide bonds. The molecule has 1 aromatic rings. The van der Waals surface area contributed by atoms with Crippen LogP contribution in [0.3, 0.4) is 0 Å². The number of anilines is 1. The Hall–Kier alpha value is -2.04. The molecule has 5 heteroatoms. The lowest BCUT2D eigenvalue weighted by Crippen LogP contribution is -2.49. The first-order chi connectivity index (χ1) is 12.3. The van der Waals surface area contributed by atoms with E-state index in [-0.39, 0.29) is 17.5 Å². The number of fused-ring (bicyclic) bond motifs is 1. The molecule has 0 radical (unpaired) electrons. The van der Waals surface area contributed by atoms with Gasteiger partial charge in [-0.25, -0.2) is 4.79 Å². The predicted molar refractivity (Wildman–Crippen MR) is 104 cm³/mol. The molecule has 2 atom stereocenters. The van der Waals surface area contributed by atoms with Crippen molar-refractivity contribution < 1.29 is 9.59 Å². The van der Waals surface area contributed by atoms with Crippen LogP contribution < -0.4 is 10.6 Å². The van der Waals surface area contributed by atoms with Crippen molar-refractivity contribution in [1.82, 2.24) is 10.2 Å². The van der Waals surface area contributed by atoms with Crippen molar-refractivity contribution in [3.8, 4) is 0 Å². The third-order valence-corrected chi connectivity index (χ3v) is 5.36. The molecule has 0 bridgehead atoms. The topological polar surface area (TPSA) is 61.4 Å². The fourth-order valence-electron chi connectivity index (χ4n) is 4.28. The van der Waals surface area contributed by atoms with Crippen molar-refractivity contribution in [2.75, 3.05) is 11.9 Å². The van der Waals surface area contributed by atoms with Gasteiger partial charge in [-0.3, -0.25) is 4.79 Å². The van der Waals surface area contributed by atoms with Crippen molar-refractivity contribution in [3.63, 3.8) is 0 Å². The number of rotatable bonds is 2. The van der Waals surface area contributed by atoms with Crippen molar-refractivity contribution in [2.24, 2.45) is 5.92 Å². The van der Waals surface area contributed by atoms with Crippen molar-refractivity contribution in [3.05, 3.63) is 29.8 Å². The van der Waals surface area contributed by atoms with E-state index in [1.807, 2.05) is 39.0 Å². The second kappa shape index (κ2) is 7.68. The number of likely N-dealkylation sites (tertiary alicyclic amines) is 1. The van der Waals surface area contributed by atoms with Gasteiger partial charge in [-0.1, -0.05) is 18.9 Å². The highest BCUT2D eigenvalue weighted by atomic mass is 16.2. The van der Waals surface area contributed by atoms with Crippen molar-refractivity contribution >= 4 is 17.6 Å². The summed E-state index contributed by atoms with van der Waals surface area (Å²) in [7, 11) is 0. The number of nitrogens with zero attached hydrogens (tertiary/aromatic N) is 1. The second-order valence-electron chi connectivity index (χ2n) is 8.66. The van der Waals surface area contributed by atoms with Crippen molar-refractivity contribution in [2.45, 2.75) is 70.9 Å². The molecule has 0 unspecified atom stereocenters. The molecule has 0 aromatic heterocycles. The Kier molecular flexibility index (Phi) is 5.54. The first kappa shape index (κ1) is 18.7. The number of hydrogen-bond acceptors (Lipinski definition) is 2. The molecule has 1 saturated heterocycles. The molecule has 1 aromatic carbocycles. The Morgan fingerprint density at radius 3 is 2.58 bits per heavy atom. The van der Waals surface area contributed by atoms with Crippen LogP contribution in [-0.2, 0) is 0 Å². The lowest BCUT2D eigenvalue weighted by atomic mass is 9.78. The van der Waals surface area contributed by atoms with Crippen LogP contribution in [0, 0.1) is 5.92 Å². The standard InChI is InChI=1S/C21H31N3O2/c1-21(2,3)23-20(26)22-17-11-6-9-16(14-17)19(25)24-13-7-10-15-8-4-5-12-18(15)24/h6,9,11,14-15,18H,4-5,7-8,10,12-13H2,1-3H3,(H2,22,23,26)/t15-,18+/m1/s1. The van der Waals surface area contributed by atoms with E-state index in [9.17, 15) is 9.59 Å². The fourth-order valence-corrected chi connectivity index (χ4v) is 4.28. The maximum atomic E-state index is 13.1. The summed E-state index contributed by atoms with van der Waals surface area (Å²) in [5.41, 5.74) is 1.00. The molecular formula is C21H31N3O2. The Balaban J connectivity index is 1.70. The lowest BCUT2D eigenvalue weighted by Gasteiger charge is -2.44. The number of carbonyl (C=O) groups excluding carboxylic acids is 2. The van der Waals surface area contributed by atoms with Crippen LogP contribution in [0.4, 0.5) is 10.5 Å². The molecule has 0 spiro atoms. The maximum absolute atomic E-state index is 13.1. The number of carbonyl (C=O) groups is 2. The zero-order valence-corrected chi connectivity index (χ0v) is 16.2. The Morgan fingerprint density at radius 1 is 1.08 bits per heavy atom. The summed E-state index contributed by atoms with van der Waals surface area (Å²) in [6.45, 7) is 6.65. The average Bonchev–Trinajstić information content (AvgIpc) is 2.59. The van der Waals surface area contributed by atoms with Crippen LogP contribution in [-0.4, -0.2) is 35.0 Å². The average molecular weight is 357 g/mol. The largest absolute Gasteiger partial charge is 0.335 e. The van der Waals surface area contributed by atoms with Crippen LogP contribution in [0.1, 0.15) is 69.7 Å². The molecule has 1 saturated carbocycles. The van der Waals surface area contributed by atoms with Gasteiger partial charge in [0.25, 0.3) is 5.91 Å². The van der Waals surface area contributed by atoms with Crippen LogP contribution in [0.15, 0.2) is 24.3 Å². The maximum Gasteiger partial charge on any atom is 0.319 e. The van der Waals surface area contributed by atoms with Gasteiger partial charge in [0, 0.05) is 29.4 Å². The molecule has 1 heterocycles. The minimum absolute atomic E-state index is 0.0986. The Bertz CT molecular complexity index is 663. The summed E-state index contributed by atoms with van der Waals surface area (Å²) < 4.78 is 0. The van der Waals surface area contributed by atoms with Gasteiger partial charge in [0.05, 0.1) is 0 Å². The number of piperidine rings is 1. The summed E-state index contributed by atoms with van der Waals surface area (Å²) in [5, 5.41) is 5.70. The third kappa shape index (κ3) is 4.57. The van der Waals surface area contributed by atoms with Gasteiger partial charge in [-0.05, 0) is 70.6 Å². The molecule has 2 fully saturated rings. The fraction of sp³-hybridized carbons (Fsp3) is 0.619. The van der Waals surface area contributed by atoms with Gasteiger partial charge in [0.1, 0.15) is 0 Å². The van der Waals surface area contributed by atoms with Gasteiger partial charge >= 0.3 is 6.03 Å². The van der Waals surface area contributed by atoms with Crippen LogP contribution in [0.5, 0.6) is 0 Å². The van der Waals surface area contributed by atoms with Gasteiger partial charge < -0.3 is 15.5 Å². The number of benzene rings is 1. The molecule has 1 aliphatic carbocycles. The lowest BCUT2D eigenvalue weighted by molar-refractivity contribution is 0.0390. The SMILES string of the molecule is CC(C)(C)NC(=O)Nc1cccc(C(=O)N2CCC[C@H]3CCCC[C@@H]32)c1. The van der Waals surface area contributed by atoms with E-state index < -0.39 is 0 Å². The highest BCUT2D eigenvalue weighted by Crippen LogP contribution is 2.36. The molecule has 2 N–H and O–H groups in total. The zero-order chi connectivity index (χ0) is 18.7. The number of amides is 3. The molecule has 26 heavy (non-hydrogen) atoms. The van der Waals surface area contributed by atoms with E-state index in [2.05, 4.69) is 15.5 Å². The van der Waals surface area contributed by atoms with E-state index >= 15 is 0 Å². The minimum Gasteiger partial charge on any atom is -0.335 e. The Labute approximate surface area is 156 Å². The molecular weight excluding hydrogens is 326 g/mol. The summed E-state index contributed by atoms with van der Waals surface area (Å²) >= 11 is 0. The quantitative estimate of drug-likeness (QED) is 0.824. The highest BCUT2D eigenvalue weighted by molar-refractivity contribution is 5.97. The van der Waals surface area contributed by atoms with Gasteiger partial charge in [0.2, 0.25) is 0 Å². The van der Waals surface area contributed by atoms with Crippen LogP contribution >= 0.6 is 0 Å². The van der Waals surface area contributed by atoms with E-state index in [1.165, 1.54) is 25.7 Å². The number of nitrogens with one attached hydrogen (secondary N) is 2. The Morgan fingerprint density at radius 2 is 1.81 bits per heavy atom. The van der Waals surface area contributed by atoms with Gasteiger partial charge in [-0.15, -0.1) is 0 Å². The van der Waals surface area contributed by atoms with Gasteiger partial charge in [-0.2, -0.15) is 0 Å². The van der Waals surface area contributed by atoms with Crippen molar-refractivity contribution in [1.29, 1.82) is 0 Å². The molecule has 142 valence electrons. The zero-order valence-electron chi connectivity index (χ0n) is 16.2. The summed E-state index contributed by atoms with van der Waals surface area (Å²) in [4.78, 5) is 27.3. The predicted octanol–water partition coefficient (Wildman–Crippen LogP) is 4.40. The van der Waals surface area contributed by atoms with E-state index in [0.717, 1.165) is 19.4 Å². The number of urea groups is 1. The summed E-state index contributed by atoms with van der Waals surface area (Å²) in [6, 6.07) is 7.43. The highest BCUT2D eigenvalue weighted by Gasteiger charge is 2.36. The molecule has 1 aliphatic heterocycles. The van der Waals surface area contributed by atoms with E-state index in [0.29, 0.717) is 23.2 Å². The van der Waals surface area contributed by atoms with E-state index in [1.54, 1.807) is 6.07 Å². The molecule has 3 rings (SSSR count). The molecule has 5 nitrogen and oxygen atoms in total. The monoisotopic (exact) mass is 357 g/mol. The first-order valence-corrected chi connectivity index (χ1v) is 9.84. The summed E-state index contributed by atoms with van der Waals surface area (Å²) in [5.74, 6) is 0.766. The van der Waals surface area contributed by atoms with E-state index in [4.69, 9.17) is 0 Å². The first-order valence-electron chi connectivity index (χ1n) is 9.84.